The van der Waals surface area contributed by atoms with Crippen LogP contribution in [0.1, 0.15) is 70.3 Å². The number of nitrogens with two attached hydrogens (primary N) is 1. The fraction of sp³-hybridized carbons (Fsp3) is 0.516. The van der Waals surface area contributed by atoms with E-state index >= 15 is 0 Å². The van der Waals surface area contributed by atoms with Gasteiger partial charge in [0.1, 0.15) is 0 Å². The molecule has 3 aliphatic rings. The minimum Gasteiger partial charge on any atom is -0.365 e. The van der Waals surface area contributed by atoms with Crippen LogP contribution in [-0.4, -0.2) is 63.5 Å². The lowest BCUT2D eigenvalue weighted by Crippen LogP contribution is -2.42. The second-order valence-electron chi connectivity index (χ2n) is 12.2. The molecule has 3 fully saturated rings. The Balaban J connectivity index is 0.00000192. The van der Waals surface area contributed by atoms with Gasteiger partial charge in [0, 0.05) is 42.6 Å². The standard InChI is InChI=1S/C31H40N8O2S.2ClH/c32-22-12-14-23(15-13-22)35-31-36-29(28-30(37-31)39(20-33-28)25-8-2-3-9-25)34-24-16-18-38(19-17-24)42(40,41)27-11-5-7-21-6-1-4-10-26(21)27;;/h1,4-7,10-11,20,22-25H,2-3,8-9,12-19,32H2,(H2,34,35,36,37);2*1H. The molecule has 13 heteroatoms. The summed E-state index contributed by atoms with van der Waals surface area (Å²) in [4.78, 5) is 15.0. The Hall–Kier alpha value is -2.70. The number of nitrogens with zero attached hydrogens (tertiary/aromatic N) is 5. The molecule has 4 N–H and O–H groups in total. The molecule has 0 unspecified atom stereocenters. The summed E-state index contributed by atoms with van der Waals surface area (Å²) in [6.07, 6.45) is 12.1. The number of anilines is 2. The van der Waals surface area contributed by atoms with E-state index in [-0.39, 0.29) is 36.9 Å². The van der Waals surface area contributed by atoms with E-state index in [1.807, 2.05) is 42.7 Å². The molecule has 2 saturated carbocycles. The quantitative estimate of drug-likeness (QED) is 0.224. The first kappa shape index (κ1) is 32.7. The van der Waals surface area contributed by atoms with Crippen LogP contribution >= 0.6 is 24.8 Å². The summed E-state index contributed by atoms with van der Waals surface area (Å²) in [5, 5.41) is 8.93. The van der Waals surface area contributed by atoms with Gasteiger partial charge in [-0.05, 0) is 62.8 Å². The van der Waals surface area contributed by atoms with Crippen LogP contribution in [0.3, 0.4) is 0 Å². The molecule has 44 heavy (non-hydrogen) atoms. The number of sulfonamides is 1. The fourth-order valence-electron chi connectivity index (χ4n) is 6.97. The van der Waals surface area contributed by atoms with Crippen molar-refractivity contribution in [3.8, 4) is 0 Å². The third kappa shape index (κ3) is 6.48. The molecule has 1 saturated heterocycles. The maximum Gasteiger partial charge on any atom is 0.243 e. The zero-order chi connectivity index (χ0) is 28.7. The maximum absolute atomic E-state index is 13.7. The van der Waals surface area contributed by atoms with Crippen molar-refractivity contribution in [2.24, 2.45) is 5.73 Å². The van der Waals surface area contributed by atoms with Crippen molar-refractivity contribution in [2.45, 2.75) is 93.3 Å². The molecule has 7 rings (SSSR count). The van der Waals surface area contributed by atoms with Gasteiger partial charge in [-0.15, -0.1) is 24.8 Å². The minimum absolute atomic E-state index is 0. The summed E-state index contributed by atoms with van der Waals surface area (Å²) in [7, 11) is -3.61. The van der Waals surface area contributed by atoms with Crippen LogP contribution < -0.4 is 16.4 Å². The predicted octanol–water partition coefficient (Wildman–Crippen LogP) is 5.89. The molecule has 2 aliphatic carbocycles. The minimum atomic E-state index is -3.61. The van der Waals surface area contributed by atoms with Gasteiger partial charge in [0.2, 0.25) is 16.0 Å². The Labute approximate surface area is 271 Å². The van der Waals surface area contributed by atoms with Crippen LogP contribution in [-0.2, 0) is 10.0 Å². The SMILES string of the molecule is Cl.Cl.NC1CCC(Nc2nc(NC3CCN(S(=O)(=O)c4cccc5ccccc45)CC3)c3ncn(C4CCCC4)c3n2)CC1. The number of halogens is 2. The molecule has 1 aliphatic heterocycles. The average molecular weight is 662 g/mol. The fourth-order valence-corrected chi connectivity index (χ4v) is 8.66. The number of rotatable bonds is 7. The second kappa shape index (κ2) is 13.7. The summed E-state index contributed by atoms with van der Waals surface area (Å²) in [5.74, 6) is 1.35. The number of piperidine rings is 1. The molecule has 0 spiro atoms. The topological polar surface area (TPSA) is 131 Å². The van der Waals surface area contributed by atoms with Crippen molar-refractivity contribution in [1.29, 1.82) is 0 Å². The summed E-state index contributed by atoms with van der Waals surface area (Å²) < 4.78 is 31.2. The molecule has 4 aromatic rings. The number of benzene rings is 2. The van der Waals surface area contributed by atoms with Gasteiger partial charge in [0.25, 0.3) is 0 Å². The lowest BCUT2D eigenvalue weighted by molar-refractivity contribution is 0.330. The average Bonchev–Trinajstić information content (AvgIpc) is 3.69. The third-order valence-electron chi connectivity index (χ3n) is 9.41. The molecule has 0 atom stereocenters. The summed E-state index contributed by atoms with van der Waals surface area (Å²) in [6, 6.07) is 14.2. The van der Waals surface area contributed by atoms with Crippen molar-refractivity contribution >= 4 is 68.5 Å². The van der Waals surface area contributed by atoms with Gasteiger partial charge in [-0.1, -0.05) is 49.2 Å². The van der Waals surface area contributed by atoms with Gasteiger partial charge < -0.3 is 20.9 Å². The molecule has 0 radical (unpaired) electrons. The van der Waals surface area contributed by atoms with Gasteiger partial charge in [-0.2, -0.15) is 14.3 Å². The maximum atomic E-state index is 13.7. The smallest absolute Gasteiger partial charge is 0.243 e. The number of hydrogen-bond donors (Lipinski definition) is 3. The van der Waals surface area contributed by atoms with E-state index in [1.54, 1.807) is 10.4 Å². The Morgan fingerprint density at radius 3 is 2.23 bits per heavy atom. The van der Waals surface area contributed by atoms with E-state index in [0.717, 1.165) is 66.3 Å². The second-order valence-corrected chi connectivity index (χ2v) is 14.1. The first-order valence-corrected chi connectivity index (χ1v) is 16.9. The first-order chi connectivity index (χ1) is 20.5. The molecule has 3 heterocycles. The highest BCUT2D eigenvalue weighted by atomic mass is 35.5. The van der Waals surface area contributed by atoms with Crippen molar-refractivity contribution < 1.29 is 8.42 Å². The zero-order valence-corrected chi connectivity index (χ0v) is 27.2. The Kier molecular flexibility index (Phi) is 10.2. The molecule has 2 aromatic heterocycles. The van der Waals surface area contributed by atoms with E-state index in [0.29, 0.717) is 48.9 Å². The van der Waals surface area contributed by atoms with E-state index in [9.17, 15) is 8.42 Å². The number of fused-ring (bicyclic) bond motifs is 2. The molecule has 10 nitrogen and oxygen atoms in total. The number of aromatic nitrogens is 4. The van der Waals surface area contributed by atoms with Crippen molar-refractivity contribution in [3.63, 3.8) is 0 Å². The number of hydrogen-bond acceptors (Lipinski definition) is 8. The van der Waals surface area contributed by atoms with Gasteiger partial charge in [0.05, 0.1) is 11.2 Å². The lowest BCUT2D eigenvalue weighted by Gasteiger charge is -2.32. The zero-order valence-electron chi connectivity index (χ0n) is 24.8. The van der Waals surface area contributed by atoms with Crippen LogP contribution in [0.4, 0.5) is 11.8 Å². The first-order valence-electron chi connectivity index (χ1n) is 15.5. The number of nitrogens with one attached hydrogen (secondary N) is 2. The van der Waals surface area contributed by atoms with Crippen molar-refractivity contribution in [1.82, 2.24) is 23.8 Å². The van der Waals surface area contributed by atoms with Crippen LogP contribution in [0.5, 0.6) is 0 Å². The van der Waals surface area contributed by atoms with Crippen molar-refractivity contribution in [2.75, 3.05) is 23.7 Å². The van der Waals surface area contributed by atoms with E-state index in [2.05, 4.69) is 15.2 Å². The van der Waals surface area contributed by atoms with Gasteiger partial charge in [-0.25, -0.2) is 13.4 Å². The van der Waals surface area contributed by atoms with Gasteiger partial charge in [-0.3, -0.25) is 0 Å². The monoisotopic (exact) mass is 660 g/mol. The Morgan fingerprint density at radius 1 is 0.795 bits per heavy atom. The highest BCUT2D eigenvalue weighted by Crippen LogP contribution is 2.34. The van der Waals surface area contributed by atoms with Gasteiger partial charge >= 0.3 is 0 Å². The third-order valence-corrected chi connectivity index (χ3v) is 11.4. The number of imidazole rings is 1. The van der Waals surface area contributed by atoms with Crippen LogP contribution in [0, 0.1) is 0 Å². The summed E-state index contributed by atoms with van der Waals surface area (Å²) >= 11 is 0. The van der Waals surface area contributed by atoms with Crippen molar-refractivity contribution in [3.05, 3.63) is 48.8 Å². The highest BCUT2D eigenvalue weighted by molar-refractivity contribution is 7.89. The van der Waals surface area contributed by atoms with Crippen LogP contribution in [0.2, 0.25) is 0 Å². The molecule has 2 aromatic carbocycles. The highest BCUT2D eigenvalue weighted by Gasteiger charge is 2.31. The van der Waals surface area contributed by atoms with E-state index < -0.39 is 10.0 Å². The summed E-state index contributed by atoms with van der Waals surface area (Å²) in [5.41, 5.74) is 7.79. The van der Waals surface area contributed by atoms with Crippen LogP contribution in [0.15, 0.2) is 53.7 Å². The van der Waals surface area contributed by atoms with Gasteiger partial charge in [0.15, 0.2) is 17.0 Å². The largest absolute Gasteiger partial charge is 0.365 e. The summed E-state index contributed by atoms with van der Waals surface area (Å²) in [6.45, 7) is 0.892. The Morgan fingerprint density at radius 2 is 1.48 bits per heavy atom. The predicted molar refractivity (Wildman–Crippen MR) is 181 cm³/mol. The molecule has 238 valence electrons. The molecular formula is C31H42Cl2N8O2S. The molecule has 0 bridgehead atoms. The molecular weight excluding hydrogens is 619 g/mol. The Bertz CT molecular complexity index is 1670. The lowest BCUT2D eigenvalue weighted by atomic mass is 9.92. The normalized spacial score (nSPS) is 22.0. The van der Waals surface area contributed by atoms with Crippen LogP contribution in [0.25, 0.3) is 21.9 Å². The molecule has 0 amide bonds. The van der Waals surface area contributed by atoms with E-state index in [4.69, 9.17) is 20.7 Å². The van der Waals surface area contributed by atoms with E-state index in [1.165, 1.54) is 12.8 Å².